The van der Waals surface area contributed by atoms with Gasteiger partial charge < -0.3 is 15.8 Å². The number of nitrogen functional groups attached to an aromatic ring is 1. The van der Waals surface area contributed by atoms with Crippen molar-refractivity contribution in [2.24, 2.45) is 0 Å². The molecular weight excluding hydrogens is 355 g/mol. The molecule has 0 bridgehead atoms. The molecule has 2 rings (SSSR count). The maximum Gasteiger partial charge on any atom is 0.255 e. The van der Waals surface area contributed by atoms with Gasteiger partial charge >= 0.3 is 0 Å². The van der Waals surface area contributed by atoms with E-state index < -0.39 is 0 Å². The molecule has 0 heterocycles. The van der Waals surface area contributed by atoms with Crippen molar-refractivity contribution in [2.75, 3.05) is 18.2 Å². The topological polar surface area (TPSA) is 64.3 Å². The minimum Gasteiger partial charge on any atom is -0.494 e. The molecule has 3 N–H and O–H groups in total. The van der Waals surface area contributed by atoms with E-state index >= 15 is 0 Å². The monoisotopic (exact) mass is 368 g/mol. The van der Waals surface area contributed by atoms with Gasteiger partial charge in [-0.25, -0.2) is 0 Å². The Morgan fingerprint density at radius 3 is 2.53 bits per heavy atom. The number of methoxy groups -OCH3 is 1. The van der Waals surface area contributed by atoms with Crippen molar-refractivity contribution in [3.8, 4) is 5.75 Å². The molecule has 2 aromatic carbocycles. The standard InChI is InChI=1S/C14H13IN2O2/c1-19-13-8-11(16)6-7-12(13)17-14(18)9-2-4-10(15)5-3-9/h2-8H,16H2,1H3,(H,17,18). The number of amides is 1. The van der Waals surface area contributed by atoms with Crippen LogP contribution < -0.4 is 15.8 Å². The molecule has 0 saturated carbocycles. The van der Waals surface area contributed by atoms with E-state index in [1.165, 1.54) is 7.11 Å². The number of benzene rings is 2. The number of nitrogens with one attached hydrogen (secondary N) is 1. The van der Waals surface area contributed by atoms with Crippen LogP contribution in [0.5, 0.6) is 5.75 Å². The zero-order valence-corrected chi connectivity index (χ0v) is 12.5. The van der Waals surface area contributed by atoms with Gasteiger partial charge in [-0.2, -0.15) is 0 Å². The second-order valence-electron chi connectivity index (χ2n) is 3.92. The molecule has 0 spiro atoms. The molecular formula is C14H13IN2O2. The summed E-state index contributed by atoms with van der Waals surface area (Å²) in [7, 11) is 1.54. The van der Waals surface area contributed by atoms with Gasteiger partial charge in [0.15, 0.2) is 0 Å². The predicted molar refractivity (Wildman–Crippen MR) is 84.5 cm³/mol. The molecule has 0 radical (unpaired) electrons. The van der Waals surface area contributed by atoms with Gasteiger partial charge in [0.25, 0.3) is 5.91 Å². The fraction of sp³-hybridized carbons (Fsp3) is 0.0714. The van der Waals surface area contributed by atoms with Crippen LogP contribution in [0.15, 0.2) is 42.5 Å². The molecule has 0 aliphatic carbocycles. The van der Waals surface area contributed by atoms with Gasteiger partial charge in [-0.15, -0.1) is 0 Å². The van der Waals surface area contributed by atoms with E-state index in [-0.39, 0.29) is 5.91 Å². The van der Waals surface area contributed by atoms with Crippen molar-refractivity contribution in [2.45, 2.75) is 0 Å². The average Bonchev–Trinajstić information content (AvgIpc) is 2.41. The van der Waals surface area contributed by atoms with Crippen LogP contribution in [0.3, 0.4) is 0 Å². The Labute approximate surface area is 125 Å². The van der Waals surface area contributed by atoms with Crippen LogP contribution in [0.1, 0.15) is 10.4 Å². The molecule has 0 aliphatic heterocycles. The minimum absolute atomic E-state index is 0.181. The summed E-state index contributed by atoms with van der Waals surface area (Å²) in [4.78, 5) is 12.1. The molecule has 98 valence electrons. The van der Waals surface area contributed by atoms with Crippen molar-refractivity contribution < 1.29 is 9.53 Å². The summed E-state index contributed by atoms with van der Waals surface area (Å²) in [5.74, 6) is 0.360. The van der Waals surface area contributed by atoms with Crippen molar-refractivity contribution >= 4 is 39.9 Å². The lowest BCUT2D eigenvalue weighted by molar-refractivity contribution is 0.102. The van der Waals surface area contributed by atoms with Crippen molar-refractivity contribution in [1.29, 1.82) is 0 Å². The summed E-state index contributed by atoms with van der Waals surface area (Å²) in [5.41, 5.74) is 7.45. The second kappa shape index (κ2) is 5.92. The summed E-state index contributed by atoms with van der Waals surface area (Å²) in [6.07, 6.45) is 0. The summed E-state index contributed by atoms with van der Waals surface area (Å²) < 4.78 is 6.27. The third kappa shape index (κ3) is 3.37. The number of anilines is 2. The van der Waals surface area contributed by atoms with E-state index in [4.69, 9.17) is 10.5 Å². The SMILES string of the molecule is COc1cc(N)ccc1NC(=O)c1ccc(I)cc1. The lowest BCUT2D eigenvalue weighted by Gasteiger charge is -2.10. The lowest BCUT2D eigenvalue weighted by atomic mass is 10.2. The zero-order chi connectivity index (χ0) is 13.8. The Morgan fingerprint density at radius 1 is 1.21 bits per heavy atom. The Balaban J connectivity index is 2.21. The van der Waals surface area contributed by atoms with Crippen LogP contribution in [0.2, 0.25) is 0 Å². The molecule has 19 heavy (non-hydrogen) atoms. The second-order valence-corrected chi connectivity index (χ2v) is 5.17. The first-order valence-electron chi connectivity index (χ1n) is 5.60. The molecule has 0 aliphatic rings. The average molecular weight is 368 g/mol. The first-order chi connectivity index (χ1) is 9.10. The molecule has 5 heteroatoms. The minimum atomic E-state index is -0.181. The van der Waals surface area contributed by atoms with Gasteiger partial charge in [-0.3, -0.25) is 4.79 Å². The molecule has 0 aromatic heterocycles. The summed E-state index contributed by atoms with van der Waals surface area (Å²) in [6.45, 7) is 0. The highest BCUT2D eigenvalue weighted by molar-refractivity contribution is 14.1. The Kier molecular flexibility index (Phi) is 4.26. The van der Waals surface area contributed by atoms with Gasteiger partial charge in [-0.05, 0) is 59.0 Å². The van der Waals surface area contributed by atoms with Crippen LogP contribution in [0, 0.1) is 3.57 Å². The number of hydrogen-bond acceptors (Lipinski definition) is 3. The van der Waals surface area contributed by atoms with Gasteiger partial charge in [0.05, 0.1) is 12.8 Å². The quantitative estimate of drug-likeness (QED) is 0.646. The van der Waals surface area contributed by atoms with Crippen molar-refractivity contribution in [3.05, 3.63) is 51.6 Å². The predicted octanol–water partition coefficient (Wildman–Crippen LogP) is 3.13. The number of halogens is 1. The van der Waals surface area contributed by atoms with Crippen molar-refractivity contribution in [3.63, 3.8) is 0 Å². The Hall–Kier alpha value is -1.76. The number of rotatable bonds is 3. The summed E-state index contributed by atoms with van der Waals surface area (Å²) in [6, 6.07) is 12.4. The van der Waals surface area contributed by atoms with Gasteiger partial charge in [0, 0.05) is 20.9 Å². The highest BCUT2D eigenvalue weighted by atomic mass is 127. The first-order valence-corrected chi connectivity index (χ1v) is 6.68. The lowest BCUT2D eigenvalue weighted by Crippen LogP contribution is -2.12. The zero-order valence-electron chi connectivity index (χ0n) is 10.3. The van der Waals surface area contributed by atoms with E-state index in [1.807, 2.05) is 12.1 Å². The van der Waals surface area contributed by atoms with E-state index in [1.54, 1.807) is 30.3 Å². The van der Waals surface area contributed by atoms with Crippen LogP contribution in [-0.2, 0) is 0 Å². The molecule has 0 saturated heterocycles. The number of hydrogen-bond donors (Lipinski definition) is 2. The molecule has 2 aromatic rings. The Morgan fingerprint density at radius 2 is 1.89 bits per heavy atom. The summed E-state index contributed by atoms with van der Waals surface area (Å²) in [5, 5.41) is 2.80. The van der Waals surface area contributed by atoms with Crippen LogP contribution in [0.4, 0.5) is 11.4 Å². The van der Waals surface area contributed by atoms with E-state index in [0.717, 1.165) is 3.57 Å². The van der Waals surface area contributed by atoms with Crippen molar-refractivity contribution in [1.82, 2.24) is 0 Å². The summed E-state index contributed by atoms with van der Waals surface area (Å²) >= 11 is 2.19. The normalized spacial score (nSPS) is 10.0. The molecule has 0 atom stereocenters. The van der Waals surface area contributed by atoms with Crippen LogP contribution in [0.25, 0.3) is 0 Å². The highest BCUT2D eigenvalue weighted by Gasteiger charge is 2.09. The van der Waals surface area contributed by atoms with Gasteiger partial charge in [0.2, 0.25) is 0 Å². The third-order valence-corrected chi connectivity index (χ3v) is 3.30. The van der Waals surface area contributed by atoms with E-state index in [9.17, 15) is 4.79 Å². The molecule has 4 nitrogen and oxygen atoms in total. The number of nitrogens with two attached hydrogens (primary N) is 1. The highest BCUT2D eigenvalue weighted by Crippen LogP contribution is 2.27. The van der Waals surface area contributed by atoms with E-state index in [0.29, 0.717) is 22.7 Å². The first kappa shape index (κ1) is 13.7. The molecule has 1 amide bonds. The number of ether oxygens (including phenoxy) is 1. The fourth-order valence-corrected chi connectivity index (χ4v) is 1.97. The largest absolute Gasteiger partial charge is 0.494 e. The van der Waals surface area contributed by atoms with Gasteiger partial charge in [0.1, 0.15) is 5.75 Å². The van der Waals surface area contributed by atoms with E-state index in [2.05, 4.69) is 27.9 Å². The fourth-order valence-electron chi connectivity index (χ4n) is 1.61. The number of carbonyl (C=O) groups excluding carboxylic acids is 1. The van der Waals surface area contributed by atoms with Gasteiger partial charge in [-0.1, -0.05) is 0 Å². The maximum absolute atomic E-state index is 12.1. The smallest absolute Gasteiger partial charge is 0.255 e. The van der Waals surface area contributed by atoms with Crippen LogP contribution >= 0.6 is 22.6 Å². The molecule has 0 fully saturated rings. The molecule has 0 unspecified atom stereocenters. The maximum atomic E-state index is 12.1. The number of carbonyl (C=O) groups is 1. The third-order valence-electron chi connectivity index (χ3n) is 2.58. The Bertz CT molecular complexity index is 597. The van der Waals surface area contributed by atoms with Crippen LogP contribution in [-0.4, -0.2) is 13.0 Å².